The Hall–Kier alpha value is -2.14. The lowest BCUT2D eigenvalue weighted by Gasteiger charge is -2.16. The molecule has 0 radical (unpaired) electrons. The summed E-state index contributed by atoms with van der Waals surface area (Å²) >= 11 is 0. The van der Waals surface area contributed by atoms with Crippen LogP contribution >= 0.6 is 0 Å². The molecule has 4 nitrogen and oxygen atoms in total. The van der Waals surface area contributed by atoms with E-state index in [9.17, 15) is 9.18 Å². The number of nitrogens with one attached hydrogen (secondary N) is 2. The first-order chi connectivity index (χ1) is 10.7. The van der Waals surface area contributed by atoms with Gasteiger partial charge in [0.25, 0.3) is 5.91 Å². The fourth-order valence-corrected chi connectivity index (χ4v) is 2.89. The molecule has 1 aliphatic rings. The number of likely N-dealkylation sites (tertiary alicyclic amines) is 1. The predicted octanol–water partition coefficient (Wildman–Crippen LogP) is 2.41. The maximum absolute atomic E-state index is 13.7. The molecule has 1 fully saturated rings. The summed E-state index contributed by atoms with van der Waals surface area (Å²) in [6.07, 6.45) is 2.76. The molecule has 0 saturated carbocycles. The fourth-order valence-electron chi connectivity index (χ4n) is 2.89. The Morgan fingerprint density at radius 2 is 2.18 bits per heavy atom. The second-order valence-corrected chi connectivity index (χ2v) is 5.78. The first kappa shape index (κ1) is 14.8. The molecular formula is C17H20FN3O. The monoisotopic (exact) mass is 301 g/mol. The van der Waals surface area contributed by atoms with Gasteiger partial charge in [-0.2, -0.15) is 0 Å². The van der Waals surface area contributed by atoms with E-state index >= 15 is 0 Å². The van der Waals surface area contributed by atoms with Crippen molar-refractivity contribution in [3.05, 3.63) is 59.7 Å². The van der Waals surface area contributed by atoms with Crippen LogP contribution in [-0.2, 0) is 6.54 Å². The predicted molar refractivity (Wildman–Crippen MR) is 82.9 cm³/mol. The number of carbonyl (C=O) groups is 1. The van der Waals surface area contributed by atoms with Crippen molar-refractivity contribution in [1.29, 1.82) is 0 Å². The molecule has 1 atom stereocenters. The van der Waals surface area contributed by atoms with Gasteiger partial charge < -0.3 is 10.3 Å². The van der Waals surface area contributed by atoms with Gasteiger partial charge in [0, 0.05) is 31.4 Å². The molecule has 116 valence electrons. The van der Waals surface area contributed by atoms with Gasteiger partial charge in [0.05, 0.1) is 0 Å². The van der Waals surface area contributed by atoms with Crippen LogP contribution in [-0.4, -0.2) is 35.4 Å². The Morgan fingerprint density at radius 3 is 2.95 bits per heavy atom. The van der Waals surface area contributed by atoms with Gasteiger partial charge in [-0.3, -0.25) is 9.69 Å². The Balaban J connectivity index is 1.46. The average Bonchev–Trinajstić information content (AvgIpc) is 3.19. The van der Waals surface area contributed by atoms with Crippen molar-refractivity contribution < 1.29 is 9.18 Å². The molecule has 2 aromatic rings. The zero-order chi connectivity index (χ0) is 15.4. The summed E-state index contributed by atoms with van der Waals surface area (Å²) in [5.74, 6) is 0.203. The van der Waals surface area contributed by atoms with Crippen molar-refractivity contribution in [2.45, 2.75) is 13.0 Å². The largest absolute Gasteiger partial charge is 0.357 e. The van der Waals surface area contributed by atoms with Crippen LogP contribution < -0.4 is 5.32 Å². The maximum Gasteiger partial charge on any atom is 0.267 e. The molecule has 2 N–H and O–H groups in total. The summed E-state index contributed by atoms with van der Waals surface area (Å²) in [6, 6.07) is 10.5. The number of hydrogen-bond donors (Lipinski definition) is 2. The summed E-state index contributed by atoms with van der Waals surface area (Å²) in [7, 11) is 0. The van der Waals surface area contributed by atoms with Crippen molar-refractivity contribution in [3.8, 4) is 0 Å². The average molecular weight is 301 g/mol. The number of H-pyrrole nitrogens is 1. The maximum atomic E-state index is 13.7. The number of carbonyl (C=O) groups excluding carboxylic acids is 1. The van der Waals surface area contributed by atoms with E-state index in [0.717, 1.165) is 25.1 Å². The first-order valence-corrected chi connectivity index (χ1v) is 7.60. The summed E-state index contributed by atoms with van der Waals surface area (Å²) < 4.78 is 13.7. The van der Waals surface area contributed by atoms with Gasteiger partial charge in [0.2, 0.25) is 0 Å². The summed E-state index contributed by atoms with van der Waals surface area (Å²) in [5, 5.41) is 2.95. The number of nitrogens with zero attached hydrogens (tertiary/aromatic N) is 1. The summed E-state index contributed by atoms with van der Waals surface area (Å²) in [6.45, 7) is 3.12. The number of aromatic nitrogens is 1. The number of hydrogen-bond acceptors (Lipinski definition) is 2. The second kappa shape index (κ2) is 6.75. The van der Waals surface area contributed by atoms with E-state index < -0.39 is 0 Å². The van der Waals surface area contributed by atoms with Crippen LogP contribution in [0.5, 0.6) is 0 Å². The normalized spacial score (nSPS) is 18.5. The molecule has 3 rings (SSSR count). The van der Waals surface area contributed by atoms with E-state index in [-0.39, 0.29) is 11.7 Å². The first-order valence-electron chi connectivity index (χ1n) is 7.60. The van der Waals surface area contributed by atoms with Gasteiger partial charge in [-0.05, 0) is 37.1 Å². The van der Waals surface area contributed by atoms with Crippen LogP contribution in [0.15, 0.2) is 42.6 Å². The minimum absolute atomic E-state index is 0.0717. The molecule has 1 aromatic heterocycles. The van der Waals surface area contributed by atoms with Crippen LogP contribution in [0, 0.1) is 11.7 Å². The van der Waals surface area contributed by atoms with E-state index in [1.807, 2.05) is 12.1 Å². The molecule has 1 unspecified atom stereocenters. The van der Waals surface area contributed by atoms with Gasteiger partial charge in [0.15, 0.2) is 0 Å². The van der Waals surface area contributed by atoms with E-state index in [1.165, 1.54) is 6.07 Å². The third-order valence-electron chi connectivity index (χ3n) is 4.12. The molecule has 0 spiro atoms. The second-order valence-electron chi connectivity index (χ2n) is 5.78. The lowest BCUT2D eigenvalue weighted by molar-refractivity contribution is 0.0943. The van der Waals surface area contributed by atoms with Crippen LogP contribution in [0.2, 0.25) is 0 Å². The van der Waals surface area contributed by atoms with Crippen LogP contribution in [0.4, 0.5) is 4.39 Å². The minimum atomic E-state index is -0.147. The Kier molecular flexibility index (Phi) is 4.53. The number of aromatic amines is 1. The zero-order valence-corrected chi connectivity index (χ0v) is 12.4. The van der Waals surface area contributed by atoms with Gasteiger partial charge in [-0.25, -0.2) is 4.39 Å². The summed E-state index contributed by atoms with van der Waals surface area (Å²) in [5.41, 5.74) is 1.32. The molecule has 1 aromatic carbocycles. The van der Waals surface area contributed by atoms with E-state index in [4.69, 9.17) is 0 Å². The quantitative estimate of drug-likeness (QED) is 0.891. The highest BCUT2D eigenvalue weighted by Gasteiger charge is 2.23. The SMILES string of the molecule is O=C(NCC1CCN(Cc2ccccc2F)C1)c1ccc[nH]1. The molecule has 1 saturated heterocycles. The third-order valence-corrected chi connectivity index (χ3v) is 4.12. The van der Waals surface area contributed by atoms with Gasteiger partial charge in [-0.15, -0.1) is 0 Å². The zero-order valence-electron chi connectivity index (χ0n) is 12.4. The molecule has 1 aliphatic heterocycles. The van der Waals surface area contributed by atoms with Crippen LogP contribution in [0.1, 0.15) is 22.5 Å². The lowest BCUT2D eigenvalue weighted by atomic mass is 10.1. The van der Waals surface area contributed by atoms with Crippen molar-refractivity contribution in [2.75, 3.05) is 19.6 Å². The molecule has 0 bridgehead atoms. The molecule has 1 amide bonds. The molecule has 0 aliphatic carbocycles. The van der Waals surface area contributed by atoms with Crippen LogP contribution in [0.3, 0.4) is 0 Å². The summed E-state index contributed by atoms with van der Waals surface area (Å²) in [4.78, 5) is 17.0. The number of halogens is 1. The van der Waals surface area contributed by atoms with Crippen molar-refractivity contribution in [1.82, 2.24) is 15.2 Å². The molecule has 22 heavy (non-hydrogen) atoms. The highest BCUT2D eigenvalue weighted by molar-refractivity contribution is 5.92. The van der Waals surface area contributed by atoms with Gasteiger partial charge >= 0.3 is 0 Å². The van der Waals surface area contributed by atoms with E-state index in [1.54, 1.807) is 24.4 Å². The highest BCUT2D eigenvalue weighted by atomic mass is 19.1. The fraction of sp³-hybridized carbons (Fsp3) is 0.353. The van der Waals surface area contributed by atoms with Crippen molar-refractivity contribution in [2.24, 2.45) is 5.92 Å². The molecular weight excluding hydrogens is 281 g/mol. The van der Waals surface area contributed by atoms with Gasteiger partial charge in [0.1, 0.15) is 11.5 Å². The lowest BCUT2D eigenvalue weighted by Crippen LogP contribution is -2.31. The smallest absolute Gasteiger partial charge is 0.267 e. The molecule has 2 heterocycles. The van der Waals surface area contributed by atoms with Crippen molar-refractivity contribution in [3.63, 3.8) is 0 Å². The van der Waals surface area contributed by atoms with Crippen molar-refractivity contribution >= 4 is 5.91 Å². The highest BCUT2D eigenvalue weighted by Crippen LogP contribution is 2.19. The Labute approximate surface area is 129 Å². The van der Waals surface area contributed by atoms with E-state index in [0.29, 0.717) is 24.7 Å². The third kappa shape index (κ3) is 3.54. The molecule has 5 heteroatoms. The Bertz CT molecular complexity index is 627. The van der Waals surface area contributed by atoms with E-state index in [2.05, 4.69) is 15.2 Å². The number of amides is 1. The minimum Gasteiger partial charge on any atom is -0.357 e. The topological polar surface area (TPSA) is 48.1 Å². The van der Waals surface area contributed by atoms with Crippen LogP contribution in [0.25, 0.3) is 0 Å². The standard InChI is InChI=1S/C17H20FN3O/c18-15-5-2-1-4-14(15)12-21-9-7-13(11-21)10-20-17(22)16-6-3-8-19-16/h1-6,8,13,19H,7,9-12H2,(H,20,22). The van der Waals surface area contributed by atoms with Gasteiger partial charge in [-0.1, -0.05) is 18.2 Å². The Morgan fingerprint density at radius 1 is 1.32 bits per heavy atom. The number of benzene rings is 1. The number of rotatable bonds is 5.